The Hall–Kier alpha value is -2.32. The average Bonchev–Trinajstić information content (AvgIpc) is 3.44. The summed E-state index contributed by atoms with van der Waals surface area (Å²) in [4.78, 5) is 52.8. The van der Waals surface area contributed by atoms with Crippen molar-refractivity contribution in [3.05, 3.63) is 64.7 Å². The summed E-state index contributed by atoms with van der Waals surface area (Å²) in [6, 6.07) is 11.6. The number of carbonyl (C=O) groups excluding carboxylic acids is 4. The molecule has 2 saturated carbocycles. The van der Waals surface area contributed by atoms with Crippen molar-refractivity contribution in [2.75, 3.05) is 11.5 Å². The average molecular weight is 589 g/mol. The number of hydrogen-bond acceptors (Lipinski definition) is 5. The van der Waals surface area contributed by atoms with Gasteiger partial charge in [-0.05, 0) is 73.6 Å². The molecule has 2 bridgehead atoms. The first-order chi connectivity index (χ1) is 16.2. The van der Waals surface area contributed by atoms with Gasteiger partial charge in [0.1, 0.15) is 0 Å². The number of fused-ring (bicyclic) bond motifs is 5. The lowest BCUT2D eigenvalue weighted by Gasteiger charge is -2.28. The number of halogens is 2. The number of benzene rings is 2. The summed E-state index contributed by atoms with van der Waals surface area (Å²) in [5.41, 5.74) is 3.27. The molecule has 0 spiro atoms. The molecule has 8 heteroatoms. The number of alkyl halides is 2. The van der Waals surface area contributed by atoms with Gasteiger partial charge in [-0.2, -0.15) is 0 Å². The van der Waals surface area contributed by atoms with Gasteiger partial charge in [-0.3, -0.25) is 19.3 Å². The molecule has 0 radical (unpaired) electrons. The monoisotopic (exact) mass is 587 g/mol. The summed E-state index contributed by atoms with van der Waals surface area (Å²) < 4.78 is 5.20. The highest BCUT2D eigenvalue weighted by atomic mass is 79.9. The maximum Gasteiger partial charge on any atom is 0.338 e. The van der Waals surface area contributed by atoms with E-state index in [1.54, 1.807) is 24.3 Å². The minimum atomic E-state index is -0.637. The standard InChI is InChI=1S/C26H23Br2NO5/c1-12-3-4-15(9-13(12)2)19(30)11-34-26(33)14-5-7-16(8-6-14)29-24(31)20-17-10-18(21(20)25(29)32)23(28)22(17)27/h3-9,17-18,20-23H,10-11H2,1-2H3. The van der Waals surface area contributed by atoms with E-state index >= 15 is 0 Å². The van der Waals surface area contributed by atoms with Crippen molar-refractivity contribution in [3.8, 4) is 0 Å². The van der Waals surface area contributed by atoms with Crippen molar-refractivity contribution >= 4 is 61.1 Å². The molecule has 34 heavy (non-hydrogen) atoms. The highest BCUT2D eigenvalue weighted by molar-refractivity contribution is 9.12. The molecule has 1 aliphatic heterocycles. The van der Waals surface area contributed by atoms with Crippen molar-refractivity contribution in [2.45, 2.75) is 29.9 Å². The minimum Gasteiger partial charge on any atom is -0.454 e. The fourth-order valence-electron chi connectivity index (χ4n) is 5.56. The van der Waals surface area contributed by atoms with Crippen LogP contribution in [0.5, 0.6) is 0 Å². The van der Waals surface area contributed by atoms with Crippen molar-refractivity contribution in [1.82, 2.24) is 0 Å². The number of anilines is 1. The Morgan fingerprint density at radius 1 is 0.882 bits per heavy atom. The van der Waals surface area contributed by atoms with Gasteiger partial charge in [0.05, 0.1) is 23.1 Å². The van der Waals surface area contributed by atoms with Gasteiger partial charge in [0.15, 0.2) is 12.4 Å². The Morgan fingerprint density at radius 2 is 1.44 bits per heavy atom. The van der Waals surface area contributed by atoms with Crippen molar-refractivity contribution in [2.24, 2.45) is 23.7 Å². The second kappa shape index (κ2) is 8.72. The van der Waals surface area contributed by atoms with Gasteiger partial charge in [0.2, 0.25) is 11.8 Å². The maximum absolute atomic E-state index is 13.2. The lowest BCUT2D eigenvalue weighted by molar-refractivity contribution is -0.123. The zero-order valence-electron chi connectivity index (χ0n) is 18.7. The first-order valence-electron chi connectivity index (χ1n) is 11.2. The topological polar surface area (TPSA) is 80.8 Å². The van der Waals surface area contributed by atoms with Crippen molar-refractivity contribution in [3.63, 3.8) is 0 Å². The molecule has 176 valence electrons. The van der Waals surface area contributed by atoms with Gasteiger partial charge in [-0.1, -0.05) is 44.0 Å². The number of imide groups is 1. The molecule has 0 N–H and O–H groups in total. The Labute approximate surface area is 214 Å². The summed E-state index contributed by atoms with van der Waals surface area (Å²) in [6.07, 6.45) is 0.873. The molecular weight excluding hydrogens is 566 g/mol. The molecule has 6 unspecified atom stereocenters. The van der Waals surface area contributed by atoms with Gasteiger partial charge >= 0.3 is 5.97 Å². The second-order valence-electron chi connectivity index (χ2n) is 9.36. The molecular formula is C26H23Br2NO5. The second-order valence-corrected chi connectivity index (χ2v) is 11.5. The number of carbonyl (C=O) groups is 4. The van der Waals surface area contributed by atoms with Crippen LogP contribution in [-0.2, 0) is 14.3 Å². The number of amides is 2. The summed E-state index contributed by atoms with van der Waals surface area (Å²) in [5.74, 6) is -1.55. The number of Topliss-reactive ketones (excluding diaryl/α,β-unsaturated/α-hetero) is 1. The maximum atomic E-state index is 13.2. The predicted molar refractivity (Wildman–Crippen MR) is 133 cm³/mol. The van der Waals surface area contributed by atoms with Crippen molar-refractivity contribution in [1.29, 1.82) is 0 Å². The van der Waals surface area contributed by atoms with Crippen LogP contribution in [0.1, 0.15) is 38.3 Å². The van der Waals surface area contributed by atoms with Crippen LogP contribution in [0.2, 0.25) is 0 Å². The highest BCUT2D eigenvalue weighted by Crippen LogP contribution is 2.60. The van der Waals surface area contributed by atoms with Gasteiger partial charge < -0.3 is 4.74 Å². The van der Waals surface area contributed by atoms with Gasteiger partial charge in [0, 0.05) is 15.2 Å². The molecule has 1 saturated heterocycles. The lowest BCUT2D eigenvalue weighted by atomic mass is 9.81. The quantitative estimate of drug-likeness (QED) is 0.220. The van der Waals surface area contributed by atoms with Crippen LogP contribution in [0, 0.1) is 37.5 Å². The molecule has 0 aromatic heterocycles. The van der Waals surface area contributed by atoms with Crippen LogP contribution in [0.4, 0.5) is 5.69 Å². The third-order valence-corrected chi connectivity index (χ3v) is 10.7. The van der Waals surface area contributed by atoms with Crippen LogP contribution in [0.3, 0.4) is 0 Å². The number of ether oxygens (including phenoxy) is 1. The van der Waals surface area contributed by atoms with E-state index in [-0.39, 0.29) is 63.1 Å². The van der Waals surface area contributed by atoms with E-state index < -0.39 is 5.97 Å². The van der Waals surface area contributed by atoms with E-state index in [4.69, 9.17) is 4.74 Å². The van der Waals surface area contributed by atoms with Crippen LogP contribution in [0.15, 0.2) is 42.5 Å². The molecule has 2 aromatic carbocycles. The fraction of sp³-hybridized carbons (Fsp3) is 0.385. The van der Waals surface area contributed by atoms with E-state index in [1.807, 2.05) is 19.9 Å². The first kappa shape index (κ1) is 23.4. The van der Waals surface area contributed by atoms with E-state index in [9.17, 15) is 19.2 Å². The number of nitrogens with zero attached hydrogens (tertiary/aromatic N) is 1. The molecule has 6 atom stereocenters. The van der Waals surface area contributed by atoms with Gasteiger partial charge in [-0.15, -0.1) is 0 Å². The van der Waals surface area contributed by atoms with Crippen molar-refractivity contribution < 1.29 is 23.9 Å². The van der Waals surface area contributed by atoms with E-state index in [0.29, 0.717) is 11.3 Å². The first-order valence-corrected chi connectivity index (χ1v) is 13.1. The van der Waals surface area contributed by atoms with Gasteiger partial charge in [0.25, 0.3) is 0 Å². The molecule has 1 heterocycles. The summed E-state index contributed by atoms with van der Waals surface area (Å²) in [6.45, 7) is 3.52. The lowest BCUT2D eigenvalue weighted by Crippen LogP contribution is -2.37. The zero-order chi connectivity index (χ0) is 24.3. The summed E-state index contributed by atoms with van der Waals surface area (Å²) >= 11 is 7.38. The van der Waals surface area contributed by atoms with E-state index in [0.717, 1.165) is 17.5 Å². The third kappa shape index (κ3) is 3.66. The summed E-state index contributed by atoms with van der Waals surface area (Å²) in [7, 11) is 0. The Kier molecular flexibility index (Phi) is 6.01. The normalized spacial score (nSPS) is 29.5. The number of aryl methyl sites for hydroxylation is 2. The molecule has 2 aromatic rings. The Bertz CT molecular complexity index is 1180. The molecule has 6 nitrogen and oxygen atoms in total. The molecule has 5 rings (SSSR count). The number of ketones is 1. The Morgan fingerprint density at radius 3 is 2.00 bits per heavy atom. The Balaban J connectivity index is 1.25. The van der Waals surface area contributed by atoms with Gasteiger partial charge in [-0.25, -0.2) is 4.79 Å². The largest absolute Gasteiger partial charge is 0.454 e. The van der Waals surface area contributed by atoms with E-state index in [1.165, 1.54) is 17.0 Å². The van der Waals surface area contributed by atoms with E-state index in [2.05, 4.69) is 31.9 Å². The SMILES string of the molecule is Cc1ccc(C(=O)COC(=O)c2ccc(N3C(=O)C4C5CC(C(Br)C5Br)C4C3=O)cc2)cc1C. The predicted octanol–water partition coefficient (Wildman–Crippen LogP) is 4.63. The zero-order valence-corrected chi connectivity index (χ0v) is 21.8. The summed E-state index contributed by atoms with van der Waals surface area (Å²) in [5, 5.41) is 0. The molecule has 3 aliphatic rings. The smallest absolute Gasteiger partial charge is 0.338 e. The minimum absolute atomic E-state index is 0.143. The number of esters is 1. The molecule has 2 aliphatic carbocycles. The highest BCUT2D eigenvalue weighted by Gasteiger charge is 2.66. The van der Waals surface area contributed by atoms with Crippen LogP contribution in [0.25, 0.3) is 0 Å². The van der Waals surface area contributed by atoms with Crippen LogP contribution in [-0.4, -0.2) is 39.8 Å². The van der Waals surface area contributed by atoms with Crippen LogP contribution < -0.4 is 4.90 Å². The third-order valence-electron chi connectivity index (χ3n) is 7.51. The number of hydrogen-bond donors (Lipinski definition) is 0. The molecule has 3 fully saturated rings. The molecule has 2 amide bonds. The fourth-order valence-corrected chi connectivity index (χ4v) is 7.44. The number of rotatable bonds is 5. The van der Waals surface area contributed by atoms with Crippen LogP contribution >= 0.6 is 31.9 Å².